The van der Waals surface area contributed by atoms with E-state index in [1.807, 2.05) is 56.3 Å². The molecule has 186 valence electrons. The highest BCUT2D eigenvalue weighted by molar-refractivity contribution is 8.00. The molecule has 6 nitrogen and oxygen atoms in total. The van der Waals surface area contributed by atoms with Crippen molar-refractivity contribution in [1.82, 2.24) is 19.4 Å². The first-order valence-corrected chi connectivity index (χ1v) is 12.5. The number of benzene rings is 2. The highest BCUT2D eigenvalue weighted by atomic mass is 32.2. The van der Waals surface area contributed by atoms with Crippen LogP contribution in [0.25, 0.3) is 0 Å². The van der Waals surface area contributed by atoms with E-state index in [9.17, 15) is 14.0 Å². The molecule has 1 aromatic heterocycles. The number of halogens is 1. The maximum absolute atomic E-state index is 13.4. The van der Waals surface area contributed by atoms with E-state index in [1.54, 1.807) is 26.1 Å². The molecule has 3 aromatic rings. The summed E-state index contributed by atoms with van der Waals surface area (Å²) in [5.74, 6) is -0.309. The Bertz CT molecular complexity index is 1200. The number of amides is 1. The standard InChI is InChI=1S/C27H33FN4O2S/c1-19-24(17-21-11-13-23(28)14-12-21)26(34)31(5)27(29-19)35-20(2)25(33)32(16-15-30(3)4)18-22-9-7-6-8-10-22/h6-14,20H,15-18H2,1-5H3. The van der Waals surface area contributed by atoms with Crippen LogP contribution in [-0.2, 0) is 24.8 Å². The van der Waals surface area contributed by atoms with Gasteiger partial charge in [0.05, 0.1) is 5.25 Å². The number of hydrogen-bond donors (Lipinski definition) is 0. The van der Waals surface area contributed by atoms with Crippen LogP contribution in [0.15, 0.2) is 64.5 Å². The fourth-order valence-electron chi connectivity index (χ4n) is 3.70. The lowest BCUT2D eigenvalue weighted by atomic mass is 10.1. The van der Waals surface area contributed by atoms with Crippen molar-refractivity contribution in [3.05, 3.63) is 93.2 Å². The average molecular weight is 497 g/mol. The van der Waals surface area contributed by atoms with Crippen molar-refractivity contribution >= 4 is 17.7 Å². The Labute approximate surface area is 210 Å². The minimum atomic E-state index is -0.415. The molecule has 0 bridgehead atoms. The minimum Gasteiger partial charge on any atom is -0.336 e. The first-order chi connectivity index (χ1) is 16.7. The molecule has 2 aromatic carbocycles. The van der Waals surface area contributed by atoms with E-state index in [4.69, 9.17) is 0 Å². The number of aryl methyl sites for hydroxylation is 1. The zero-order chi connectivity index (χ0) is 25.5. The van der Waals surface area contributed by atoms with Crippen molar-refractivity contribution < 1.29 is 9.18 Å². The van der Waals surface area contributed by atoms with E-state index in [1.165, 1.54) is 28.5 Å². The molecule has 1 atom stereocenters. The molecule has 0 aliphatic carbocycles. The van der Waals surface area contributed by atoms with Gasteiger partial charge in [-0.2, -0.15) is 0 Å². The molecule has 0 aliphatic heterocycles. The summed E-state index contributed by atoms with van der Waals surface area (Å²) in [5.41, 5.74) is 2.95. The molecule has 1 unspecified atom stereocenters. The van der Waals surface area contributed by atoms with Crippen LogP contribution in [-0.4, -0.2) is 57.7 Å². The van der Waals surface area contributed by atoms with Crippen LogP contribution in [0.2, 0.25) is 0 Å². The maximum atomic E-state index is 13.4. The SMILES string of the molecule is Cc1nc(SC(C)C(=O)N(CCN(C)C)Cc2ccccc2)n(C)c(=O)c1Cc1ccc(F)cc1. The Morgan fingerprint density at radius 1 is 1.06 bits per heavy atom. The van der Waals surface area contributed by atoms with Crippen LogP contribution >= 0.6 is 11.8 Å². The molecule has 0 saturated carbocycles. The predicted octanol–water partition coefficient (Wildman–Crippen LogP) is 3.89. The van der Waals surface area contributed by atoms with Gasteiger partial charge < -0.3 is 9.80 Å². The number of likely N-dealkylation sites (N-methyl/N-ethyl adjacent to an activating group) is 1. The number of nitrogens with zero attached hydrogens (tertiary/aromatic N) is 4. The van der Waals surface area contributed by atoms with Gasteiger partial charge in [-0.05, 0) is 51.2 Å². The van der Waals surface area contributed by atoms with Gasteiger partial charge >= 0.3 is 0 Å². The lowest BCUT2D eigenvalue weighted by Crippen LogP contribution is -2.40. The number of carbonyl (C=O) groups is 1. The van der Waals surface area contributed by atoms with E-state index in [2.05, 4.69) is 9.88 Å². The smallest absolute Gasteiger partial charge is 0.257 e. The fourth-order valence-corrected chi connectivity index (χ4v) is 4.70. The van der Waals surface area contributed by atoms with Crippen molar-refractivity contribution in [1.29, 1.82) is 0 Å². The van der Waals surface area contributed by atoms with Crippen LogP contribution in [0.3, 0.4) is 0 Å². The lowest BCUT2D eigenvalue weighted by Gasteiger charge is -2.27. The van der Waals surface area contributed by atoms with Gasteiger partial charge in [-0.15, -0.1) is 0 Å². The monoisotopic (exact) mass is 496 g/mol. The fraction of sp³-hybridized carbons (Fsp3) is 0.370. The molecule has 0 N–H and O–H groups in total. The number of hydrogen-bond acceptors (Lipinski definition) is 5. The first-order valence-electron chi connectivity index (χ1n) is 11.6. The normalized spacial score (nSPS) is 12.1. The van der Waals surface area contributed by atoms with Crippen LogP contribution < -0.4 is 5.56 Å². The lowest BCUT2D eigenvalue weighted by molar-refractivity contribution is -0.131. The van der Waals surface area contributed by atoms with Crippen molar-refractivity contribution in [3.8, 4) is 0 Å². The Morgan fingerprint density at radius 3 is 2.34 bits per heavy atom. The van der Waals surface area contributed by atoms with E-state index >= 15 is 0 Å². The summed E-state index contributed by atoms with van der Waals surface area (Å²) in [6, 6.07) is 16.1. The molecule has 0 saturated heterocycles. The zero-order valence-corrected chi connectivity index (χ0v) is 21.8. The summed E-state index contributed by atoms with van der Waals surface area (Å²) in [7, 11) is 5.65. The quantitative estimate of drug-likeness (QED) is 0.315. The number of thioether (sulfide) groups is 1. The van der Waals surface area contributed by atoms with Gasteiger partial charge in [-0.25, -0.2) is 9.37 Å². The molecule has 8 heteroatoms. The summed E-state index contributed by atoms with van der Waals surface area (Å²) >= 11 is 1.29. The minimum absolute atomic E-state index is 0.00277. The number of rotatable bonds is 10. The molecule has 35 heavy (non-hydrogen) atoms. The van der Waals surface area contributed by atoms with E-state index < -0.39 is 5.25 Å². The van der Waals surface area contributed by atoms with Gasteiger partial charge in [0.25, 0.3) is 5.56 Å². The summed E-state index contributed by atoms with van der Waals surface area (Å²) in [4.78, 5) is 35.1. The topological polar surface area (TPSA) is 58.4 Å². The highest BCUT2D eigenvalue weighted by Gasteiger charge is 2.24. The second-order valence-corrected chi connectivity index (χ2v) is 10.2. The maximum Gasteiger partial charge on any atom is 0.257 e. The van der Waals surface area contributed by atoms with Crippen LogP contribution in [0.5, 0.6) is 0 Å². The Morgan fingerprint density at radius 2 is 1.71 bits per heavy atom. The average Bonchev–Trinajstić information content (AvgIpc) is 2.84. The van der Waals surface area contributed by atoms with Gasteiger partial charge in [0, 0.05) is 44.4 Å². The molecule has 0 aliphatic rings. The number of aromatic nitrogens is 2. The Balaban J connectivity index is 1.78. The molecule has 1 amide bonds. The zero-order valence-electron chi connectivity index (χ0n) is 21.0. The van der Waals surface area contributed by atoms with Crippen molar-refractivity contribution in [3.63, 3.8) is 0 Å². The van der Waals surface area contributed by atoms with E-state index in [-0.39, 0.29) is 17.3 Å². The van der Waals surface area contributed by atoms with Crippen molar-refractivity contribution in [2.24, 2.45) is 7.05 Å². The van der Waals surface area contributed by atoms with Crippen molar-refractivity contribution in [2.75, 3.05) is 27.2 Å². The van der Waals surface area contributed by atoms with Gasteiger partial charge in [-0.3, -0.25) is 14.2 Å². The molecule has 0 fully saturated rings. The van der Waals surface area contributed by atoms with Crippen LogP contribution in [0, 0.1) is 12.7 Å². The van der Waals surface area contributed by atoms with Gasteiger partial charge in [-0.1, -0.05) is 54.2 Å². The highest BCUT2D eigenvalue weighted by Crippen LogP contribution is 2.24. The summed E-state index contributed by atoms with van der Waals surface area (Å²) in [6.07, 6.45) is 0.376. The molecule has 1 heterocycles. The molecular formula is C27H33FN4O2S. The molecular weight excluding hydrogens is 463 g/mol. The largest absolute Gasteiger partial charge is 0.336 e. The van der Waals surface area contributed by atoms with Gasteiger partial charge in [0.1, 0.15) is 5.82 Å². The van der Waals surface area contributed by atoms with E-state index in [0.29, 0.717) is 35.9 Å². The summed E-state index contributed by atoms with van der Waals surface area (Å²) in [6.45, 7) is 5.54. The molecule has 0 spiro atoms. The Kier molecular flexibility index (Phi) is 9.23. The van der Waals surface area contributed by atoms with Gasteiger partial charge in [0.2, 0.25) is 5.91 Å². The third-order valence-corrected chi connectivity index (χ3v) is 6.95. The first kappa shape index (κ1) is 26.6. The predicted molar refractivity (Wildman–Crippen MR) is 139 cm³/mol. The van der Waals surface area contributed by atoms with Crippen LogP contribution in [0.4, 0.5) is 4.39 Å². The third-order valence-electron chi connectivity index (χ3n) is 5.82. The van der Waals surface area contributed by atoms with Gasteiger partial charge in [0.15, 0.2) is 5.16 Å². The Hall–Kier alpha value is -2.97. The summed E-state index contributed by atoms with van der Waals surface area (Å²) in [5, 5.41) is 0.0878. The summed E-state index contributed by atoms with van der Waals surface area (Å²) < 4.78 is 14.7. The second-order valence-electron chi connectivity index (χ2n) is 8.93. The van der Waals surface area contributed by atoms with E-state index in [0.717, 1.165) is 17.7 Å². The van der Waals surface area contributed by atoms with Crippen LogP contribution in [0.1, 0.15) is 29.3 Å². The molecule has 0 radical (unpaired) electrons. The second kappa shape index (κ2) is 12.1. The third kappa shape index (κ3) is 7.26. The number of carbonyl (C=O) groups excluding carboxylic acids is 1. The van der Waals surface area contributed by atoms with Crippen molar-refractivity contribution in [2.45, 2.75) is 37.2 Å². The molecule has 3 rings (SSSR count).